The number of hydrogen-bond acceptors (Lipinski definition) is 2. The third-order valence-corrected chi connectivity index (χ3v) is 4.50. The van der Waals surface area contributed by atoms with Crippen molar-refractivity contribution in [3.8, 4) is 16.9 Å². The maximum Gasteiger partial charge on any atom is 0.133 e. The van der Waals surface area contributed by atoms with Crippen LogP contribution in [0.3, 0.4) is 0 Å². The number of aromatic nitrogens is 1. The first-order valence-electron chi connectivity index (χ1n) is 7.86. The van der Waals surface area contributed by atoms with E-state index in [2.05, 4.69) is 18.8 Å². The van der Waals surface area contributed by atoms with Crippen LogP contribution in [-0.2, 0) is 0 Å². The topological polar surface area (TPSA) is 22.1 Å². The van der Waals surface area contributed by atoms with Crippen molar-refractivity contribution in [3.63, 3.8) is 0 Å². The van der Waals surface area contributed by atoms with Crippen LogP contribution in [-0.4, -0.2) is 12.1 Å². The Bertz CT molecular complexity index is 921. The Hall–Kier alpha value is -2.13. The molecule has 0 aliphatic rings. The summed E-state index contributed by atoms with van der Waals surface area (Å²) in [6.45, 7) is 5.93. The Morgan fingerprint density at radius 2 is 1.88 bits per heavy atom. The van der Waals surface area contributed by atoms with Crippen molar-refractivity contribution in [3.05, 3.63) is 58.5 Å². The van der Waals surface area contributed by atoms with Gasteiger partial charge in [0.25, 0.3) is 0 Å². The van der Waals surface area contributed by atoms with Gasteiger partial charge in [0.1, 0.15) is 16.7 Å². The van der Waals surface area contributed by atoms with Crippen LogP contribution >= 0.6 is 11.6 Å². The average Bonchev–Trinajstić information content (AvgIpc) is 2.55. The number of aryl methyl sites for hydroxylation is 1. The van der Waals surface area contributed by atoms with Crippen LogP contribution in [0.25, 0.3) is 22.0 Å². The highest BCUT2D eigenvalue weighted by molar-refractivity contribution is 6.31. The highest BCUT2D eigenvalue weighted by Gasteiger charge is 2.19. The van der Waals surface area contributed by atoms with Gasteiger partial charge in [0.2, 0.25) is 0 Å². The number of nitrogens with zero attached hydrogens (tertiary/aromatic N) is 1. The Morgan fingerprint density at radius 3 is 2.50 bits per heavy atom. The van der Waals surface area contributed by atoms with Crippen LogP contribution in [0, 0.1) is 12.7 Å². The Labute approximate surface area is 146 Å². The van der Waals surface area contributed by atoms with Gasteiger partial charge in [-0.25, -0.2) is 9.37 Å². The zero-order valence-corrected chi connectivity index (χ0v) is 14.9. The predicted octanol–water partition coefficient (Wildman–Crippen LogP) is 6.13. The van der Waals surface area contributed by atoms with E-state index in [0.29, 0.717) is 10.7 Å². The van der Waals surface area contributed by atoms with Crippen molar-refractivity contribution in [1.29, 1.82) is 0 Å². The third-order valence-electron chi connectivity index (χ3n) is 4.21. The fraction of sp³-hybridized carbons (Fsp3) is 0.250. The van der Waals surface area contributed by atoms with Crippen molar-refractivity contribution in [2.45, 2.75) is 26.7 Å². The summed E-state index contributed by atoms with van der Waals surface area (Å²) in [4.78, 5) is 4.54. The maximum absolute atomic E-state index is 13.7. The average molecular weight is 344 g/mol. The lowest BCUT2D eigenvalue weighted by Gasteiger charge is -2.18. The summed E-state index contributed by atoms with van der Waals surface area (Å²) in [5.74, 6) is 0.706. The molecule has 124 valence electrons. The molecule has 0 atom stereocenters. The molecule has 0 N–H and O–H groups in total. The molecule has 0 aliphatic carbocycles. The minimum Gasteiger partial charge on any atom is -0.497 e. The maximum atomic E-state index is 13.7. The minimum atomic E-state index is -0.212. The summed E-state index contributed by atoms with van der Waals surface area (Å²) in [7, 11) is 1.62. The fourth-order valence-electron chi connectivity index (χ4n) is 2.99. The second-order valence-electron chi connectivity index (χ2n) is 6.19. The van der Waals surface area contributed by atoms with E-state index in [4.69, 9.17) is 16.3 Å². The number of halogens is 2. The van der Waals surface area contributed by atoms with Crippen molar-refractivity contribution >= 4 is 22.5 Å². The van der Waals surface area contributed by atoms with Crippen LogP contribution in [0.5, 0.6) is 5.75 Å². The van der Waals surface area contributed by atoms with Gasteiger partial charge in [0, 0.05) is 17.0 Å². The van der Waals surface area contributed by atoms with E-state index >= 15 is 0 Å². The van der Waals surface area contributed by atoms with Crippen LogP contribution in [0.4, 0.5) is 4.39 Å². The van der Waals surface area contributed by atoms with Crippen LogP contribution in [0.2, 0.25) is 5.15 Å². The summed E-state index contributed by atoms with van der Waals surface area (Å²) < 4.78 is 19.0. The van der Waals surface area contributed by atoms with Gasteiger partial charge in [-0.05, 0) is 53.8 Å². The van der Waals surface area contributed by atoms with Crippen molar-refractivity contribution < 1.29 is 9.13 Å². The largest absolute Gasteiger partial charge is 0.497 e. The van der Waals surface area contributed by atoms with Gasteiger partial charge in [-0.3, -0.25) is 0 Å². The van der Waals surface area contributed by atoms with Crippen molar-refractivity contribution in [1.82, 2.24) is 4.98 Å². The molecule has 0 fully saturated rings. The van der Waals surface area contributed by atoms with Crippen LogP contribution in [0.1, 0.15) is 30.9 Å². The third kappa shape index (κ3) is 2.84. The molecule has 0 amide bonds. The number of rotatable bonds is 3. The highest BCUT2D eigenvalue weighted by atomic mass is 35.5. The summed E-state index contributed by atoms with van der Waals surface area (Å²) in [6, 6.07) is 10.9. The molecule has 0 radical (unpaired) electrons. The zero-order chi connectivity index (χ0) is 17.4. The van der Waals surface area contributed by atoms with Crippen LogP contribution in [0.15, 0.2) is 36.4 Å². The molecule has 2 nitrogen and oxygen atoms in total. The summed E-state index contributed by atoms with van der Waals surface area (Å²) in [5.41, 5.74) is 4.29. The normalized spacial score (nSPS) is 11.3. The van der Waals surface area contributed by atoms with Crippen molar-refractivity contribution in [2.24, 2.45) is 0 Å². The molecule has 0 saturated heterocycles. The quantitative estimate of drug-likeness (QED) is 0.533. The first kappa shape index (κ1) is 16.7. The molecular formula is C20H19ClFNO. The van der Waals surface area contributed by atoms with E-state index < -0.39 is 0 Å². The Kier molecular flexibility index (Phi) is 4.46. The van der Waals surface area contributed by atoms with Crippen LogP contribution < -0.4 is 4.74 Å². The van der Waals surface area contributed by atoms with Gasteiger partial charge < -0.3 is 4.74 Å². The molecule has 0 spiro atoms. The van der Waals surface area contributed by atoms with E-state index in [9.17, 15) is 4.39 Å². The molecule has 3 aromatic rings. The molecule has 2 aromatic carbocycles. The van der Waals surface area contributed by atoms with Gasteiger partial charge >= 0.3 is 0 Å². The predicted molar refractivity (Wildman–Crippen MR) is 97.5 cm³/mol. The van der Waals surface area contributed by atoms with E-state index in [-0.39, 0.29) is 11.7 Å². The number of pyridine rings is 1. The molecule has 0 bridgehead atoms. The van der Waals surface area contributed by atoms with Gasteiger partial charge in [0.05, 0.1) is 12.6 Å². The number of methoxy groups -OCH3 is 1. The lowest BCUT2D eigenvalue weighted by Crippen LogP contribution is -1.99. The number of benzene rings is 2. The molecule has 1 aromatic heterocycles. The fourth-order valence-corrected chi connectivity index (χ4v) is 3.40. The molecule has 1 heterocycles. The monoisotopic (exact) mass is 343 g/mol. The summed E-state index contributed by atoms with van der Waals surface area (Å²) in [6.07, 6.45) is 0. The molecule has 24 heavy (non-hydrogen) atoms. The van der Waals surface area contributed by atoms with Gasteiger partial charge in [0.15, 0.2) is 0 Å². The van der Waals surface area contributed by atoms with E-state index in [1.165, 1.54) is 6.07 Å². The number of hydrogen-bond donors (Lipinski definition) is 0. The van der Waals surface area contributed by atoms with Gasteiger partial charge in [-0.2, -0.15) is 0 Å². The SMILES string of the molecule is COc1ccc2c(-c3ccc(F)c(C)c3)c(C(C)C)c(Cl)nc2c1. The van der Waals surface area contributed by atoms with E-state index in [1.807, 2.05) is 24.3 Å². The Balaban J connectivity index is 2.41. The summed E-state index contributed by atoms with van der Waals surface area (Å²) >= 11 is 6.49. The van der Waals surface area contributed by atoms with E-state index in [1.54, 1.807) is 20.1 Å². The second kappa shape index (κ2) is 6.40. The lowest BCUT2D eigenvalue weighted by molar-refractivity contribution is 0.415. The summed E-state index contributed by atoms with van der Waals surface area (Å²) in [5, 5.41) is 1.46. The molecule has 4 heteroatoms. The molecule has 0 aliphatic heterocycles. The molecule has 0 unspecified atom stereocenters. The smallest absolute Gasteiger partial charge is 0.133 e. The van der Waals surface area contributed by atoms with Gasteiger partial charge in [-0.15, -0.1) is 0 Å². The minimum absolute atomic E-state index is 0.192. The van der Waals surface area contributed by atoms with Gasteiger partial charge in [-0.1, -0.05) is 31.5 Å². The molecule has 0 saturated carbocycles. The van der Waals surface area contributed by atoms with E-state index in [0.717, 1.165) is 33.3 Å². The number of fused-ring (bicyclic) bond motifs is 1. The lowest BCUT2D eigenvalue weighted by atomic mass is 9.90. The molecule has 3 rings (SSSR count). The zero-order valence-electron chi connectivity index (χ0n) is 14.2. The Morgan fingerprint density at radius 1 is 1.12 bits per heavy atom. The van der Waals surface area contributed by atoms with Crippen molar-refractivity contribution in [2.75, 3.05) is 7.11 Å². The molecular weight excluding hydrogens is 325 g/mol. The standard InChI is InChI=1S/C20H19ClFNO/c1-11(2)18-19(13-5-8-16(22)12(3)9-13)15-7-6-14(24-4)10-17(15)23-20(18)21/h5-11H,1-4H3. The second-order valence-corrected chi connectivity index (χ2v) is 6.55. The number of ether oxygens (including phenoxy) is 1. The highest BCUT2D eigenvalue weighted by Crippen LogP contribution is 2.40. The first-order chi connectivity index (χ1) is 11.4. The first-order valence-corrected chi connectivity index (χ1v) is 8.23.